The van der Waals surface area contributed by atoms with Gasteiger partial charge in [0, 0.05) is 0 Å². The van der Waals surface area contributed by atoms with Crippen molar-refractivity contribution in [3.05, 3.63) is 4.91 Å². The first-order chi connectivity index (χ1) is 4.90. The SMILES string of the molecule is CC1(C)CCC(C)(C)N1N=O. The van der Waals surface area contributed by atoms with Gasteiger partial charge in [-0.1, -0.05) is 0 Å². The Bertz CT molecular complexity index is 159. The van der Waals surface area contributed by atoms with E-state index in [1.165, 1.54) is 0 Å². The van der Waals surface area contributed by atoms with Crippen LogP contribution in [-0.2, 0) is 0 Å². The zero-order valence-corrected chi connectivity index (χ0v) is 7.72. The van der Waals surface area contributed by atoms with Crippen LogP contribution in [0, 0.1) is 4.91 Å². The van der Waals surface area contributed by atoms with Crippen LogP contribution in [0.3, 0.4) is 0 Å². The third-order valence-corrected chi connectivity index (χ3v) is 2.58. The molecule has 1 aliphatic heterocycles. The molecule has 1 saturated heterocycles. The molecule has 0 atom stereocenters. The highest BCUT2D eigenvalue weighted by Gasteiger charge is 2.45. The lowest BCUT2D eigenvalue weighted by Gasteiger charge is -2.34. The molecule has 1 aliphatic rings. The first-order valence-electron chi connectivity index (χ1n) is 4.04. The predicted octanol–water partition coefficient (Wildman–Crippen LogP) is 2.32. The Balaban J connectivity index is 2.88. The molecular weight excluding hydrogens is 140 g/mol. The highest BCUT2D eigenvalue weighted by molar-refractivity contribution is 4.98. The van der Waals surface area contributed by atoms with Crippen molar-refractivity contribution in [1.29, 1.82) is 0 Å². The molecule has 0 unspecified atom stereocenters. The molecule has 0 saturated carbocycles. The van der Waals surface area contributed by atoms with Crippen molar-refractivity contribution < 1.29 is 0 Å². The zero-order chi connectivity index (χ0) is 8.70. The van der Waals surface area contributed by atoms with Gasteiger partial charge in [-0.15, -0.1) is 4.91 Å². The van der Waals surface area contributed by atoms with Gasteiger partial charge in [0.05, 0.1) is 16.4 Å². The van der Waals surface area contributed by atoms with Crippen LogP contribution < -0.4 is 0 Å². The number of hydrogen-bond acceptors (Lipinski definition) is 2. The fourth-order valence-corrected chi connectivity index (χ4v) is 1.86. The predicted molar refractivity (Wildman–Crippen MR) is 45.0 cm³/mol. The molecule has 0 amide bonds. The second-order valence-electron chi connectivity index (χ2n) is 4.52. The van der Waals surface area contributed by atoms with Crippen LogP contribution in [0.4, 0.5) is 0 Å². The molecular formula is C8H16N2O. The summed E-state index contributed by atoms with van der Waals surface area (Å²) in [6, 6.07) is 0. The van der Waals surface area contributed by atoms with Crippen molar-refractivity contribution in [3.8, 4) is 0 Å². The number of rotatable bonds is 1. The number of nitrogens with zero attached hydrogens (tertiary/aromatic N) is 2. The molecule has 0 aromatic carbocycles. The summed E-state index contributed by atoms with van der Waals surface area (Å²) in [6.45, 7) is 8.23. The summed E-state index contributed by atoms with van der Waals surface area (Å²) in [5.41, 5.74) is -0.101. The maximum Gasteiger partial charge on any atom is 0.0562 e. The Morgan fingerprint density at radius 2 is 1.45 bits per heavy atom. The fourth-order valence-electron chi connectivity index (χ4n) is 1.86. The lowest BCUT2D eigenvalue weighted by atomic mass is 10.0. The highest BCUT2D eigenvalue weighted by Crippen LogP contribution is 2.40. The van der Waals surface area contributed by atoms with Crippen molar-refractivity contribution in [2.24, 2.45) is 5.29 Å². The van der Waals surface area contributed by atoms with E-state index in [-0.39, 0.29) is 11.1 Å². The Morgan fingerprint density at radius 1 is 1.09 bits per heavy atom. The number of hydrogen-bond donors (Lipinski definition) is 0. The van der Waals surface area contributed by atoms with E-state index < -0.39 is 0 Å². The third kappa shape index (κ3) is 1.24. The van der Waals surface area contributed by atoms with Gasteiger partial charge in [0.25, 0.3) is 0 Å². The highest BCUT2D eigenvalue weighted by atomic mass is 16.3. The second-order valence-corrected chi connectivity index (χ2v) is 4.52. The van der Waals surface area contributed by atoms with E-state index in [1.807, 2.05) is 0 Å². The van der Waals surface area contributed by atoms with E-state index in [0.717, 1.165) is 12.8 Å². The van der Waals surface area contributed by atoms with Crippen LogP contribution in [0.2, 0.25) is 0 Å². The summed E-state index contributed by atoms with van der Waals surface area (Å²) in [7, 11) is 0. The van der Waals surface area contributed by atoms with Gasteiger partial charge in [0.1, 0.15) is 0 Å². The molecule has 1 fully saturated rings. The van der Waals surface area contributed by atoms with Crippen LogP contribution in [0.5, 0.6) is 0 Å². The molecule has 0 aromatic heterocycles. The first kappa shape index (κ1) is 8.50. The summed E-state index contributed by atoms with van der Waals surface area (Å²) in [5, 5.41) is 4.76. The zero-order valence-electron chi connectivity index (χ0n) is 7.72. The van der Waals surface area contributed by atoms with Gasteiger partial charge in [-0.05, 0) is 40.5 Å². The van der Waals surface area contributed by atoms with Gasteiger partial charge in [0.2, 0.25) is 0 Å². The largest absolute Gasteiger partial charge is 0.250 e. The van der Waals surface area contributed by atoms with Gasteiger partial charge < -0.3 is 0 Å². The second kappa shape index (κ2) is 2.19. The van der Waals surface area contributed by atoms with Crippen LogP contribution in [0.25, 0.3) is 0 Å². The molecule has 11 heavy (non-hydrogen) atoms. The Morgan fingerprint density at radius 3 is 1.64 bits per heavy atom. The Kier molecular flexibility index (Phi) is 1.69. The maximum atomic E-state index is 10.5. The molecule has 64 valence electrons. The first-order valence-corrected chi connectivity index (χ1v) is 4.04. The van der Waals surface area contributed by atoms with Crippen LogP contribution in [0.1, 0.15) is 40.5 Å². The maximum absolute atomic E-state index is 10.5. The van der Waals surface area contributed by atoms with Crippen molar-refractivity contribution in [1.82, 2.24) is 5.01 Å². The molecule has 1 heterocycles. The minimum atomic E-state index is -0.0503. The average molecular weight is 156 g/mol. The lowest BCUT2D eigenvalue weighted by Crippen LogP contribution is -2.43. The summed E-state index contributed by atoms with van der Waals surface area (Å²) < 4.78 is 0. The minimum absolute atomic E-state index is 0.0503. The van der Waals surface area contributed by atoms with Crippen molar-refractivity contribution >= 4 is 0 Å². The van der Waals surface area contributed by atoms with Gasteiger partial charge in [-0.25, -0.2) is 5.01 Å². The Hall–Kier alpha value is -0.600. The summed E-state index contributed by atoms with van der Waals surface area (Å²) >= 11 is 0. The molecule has 0 radical (unpaired) electrons. The van der Waals surface area contributed by atoms with Gasteiger partial charge in [0.15, 0.2) is 0 Å². The van der Waals surface area contributed by atoms with E-state index in [1.54, 1.807) is 5.01 Å². The van der Waals surface area contributed by atoms with Gasteiger partial charge in [-0.3, -0.25) is 0 Å². The van der Waals surface area contributed by atoms with E-state index in [4.69, 9.17) is 0 Å². The monoisotopic (exact) mass is 156 g/mol. The molecule has 0 aromatic rings. The summed E-state index contributed by atoms with van der Waals surface area (Å²) in [4.78, 5) is 10.5. The van der Waals surface area contributed by atoms with E-state index >= 15 is 0 Å². The molecule has 3 heteroatoms. The standard InChI is InChI=1S/C8H16N2O/c1-7(2)5-6-8(3,4)10(7)9-11/h5-6H2,1-4H3. The molecule has 0 spiro atoms. The molecule has 1 rings (SSSR count). The van der Waals surface area contributed by atoms with Gasteiger partial charge in [-0.2, -0.15) is 0 Å². The van der Waals surface area contributed by atoms with Gasteiger partial charge >= 0.3 is 0 Å². The normalized spacial score (nSPS) is 27.1. The average Bonchev–Trinajstić information content (AvgIpc) is 2.03. The fraction of sp³-hybridized carbons (Fsp3) is 1.00. The molecule has 0 bridgehead atoms. The quantitative estimate of drug-likeness (QED) is 0.546. The van der Waals surface area contributed by atoms with Crippen molar-refractivity contribution in [2.75, 3.05) is 0 Å². The van der Waals surface area contributed by atoms with Crippen molar-refractivity contribution in [2.45, 2.75) is 51.6 Å². The van der Waals surface area contributed by atoms with Crippen molar-refractivity contribution in [3.63, 3.8) is 0 Å². The smallest absolute Gasteiger partial charge is 0.0562 e. The molecule has 0 N–H and O–H groups in total. The topological polar surface area (TPSA) is 32.7 Å². The Labute approximate surface area is 67.7 Å². The molecule has 0 aliphatic carbocycles. The summed E-state index contributed by atoms with van der Waals surface area (Å²) in [5.74, 6) is 0. The lowest BCUT2D eigenvalue weighted by molar-refractivity contribution is 0.0812. The van der Waals surface area contributed by atoms with E-state index in [2.05, 4.69) is 33.0 Å². The number of nitroso groups, excluding NO2 is 1. The van der Waals surface area contributed by atoms with E-state index in [0.29, 0.717) is 0 Å². The van der Waals surface area contributed by atoms with Crippen LogP contribution in [-0.4, -0.2) is 16.1 Å². The van der Waals surface area contributed by atoms with Crippen LogP contribution >= 0.6 is 0 Å². The van der Waals surface area contributed by atoms with Crippen LogP contribution in [0.15, 0.2) is 5.29 Å². The minimum Gasteiger partial charge on any atom is -0.250 e. The van der Waals surface area contributed by atoms with E-state index in [9.17, 15) is 4.91 Å². The molecule has 3 nitrogen and oxygen atoms in total. The summed E-state index contributed by atoms with van der Waals surface area (Å²) in [6.07, 6.45) is 2.09. The third-order valence-electron chi connectivity index (χ3n) is 2.58.